The highest BCUT2D eigenvalue weighted by Crippen LogP contribution is 2.34. The number of hydrogen-bond acceptors (Lipinski definition) is 7. The number of halogens is 1. The van der Waals surface area contributed by atoms with Gasteiger partial charge in [-0.15, -0.1) is 10.2 Å². The molecule has 2 aromatic carbocycles. The van der Waals surface area contributed by atoms with Crippen molar-refractivity contribution < 1.29 is 9.47 Å². The predicted octanol–water partition coefficient (Wildman–Crippen LogP) is 5.79. The molecule has 0 bridgehead atoms. The Labute approximate surface area is 170 Å². The number of methoxy groups -OCH3 is 2. The second-order valence-corrected chi connectivity index (χ2v) is 9.07. The van der Waals surface area contributed by atoms with Crippen molar-refractivity contribution in [2.24, 2.45) is 0 Å². The molecule has 0 amide bonds. The molecule has 26 heavy (non-hydrogen) atoms. The lowest BCUT2D eigenvalue weighted by atomic mass is 10.2. The Morgan fingerprint density at radius 3 is 2.27 bits per heavy atom. The van der Waals surface area contributed by atoms with Crippen LogP contribution in [0.15, 0.2) is 51.1 Å². The van der Waals surface area contributed by atoms with Gasteiger partial charge in [-0.2, -0.15) is 0 Å². The molecule has 0 aliphatic heterocycles. The normalized spacial score (nSPS) is 10.7. The molecule has 0 spiro atoms. The zero-order valence-electron chi connectivity index (χ0n) is 14.3. The van der Waals surface area contributed by atoms with Gasteiger partial charge in [0.25, 0.3) is 0 Å². The third-order valence-corrected chi connectivity index (χ3v) is 7.05. The fourth-order valence-corrected chi connectivity index (χ4v) is 5.33. The van der Waals surface area contributed by atoms with Crippen molar-refractivity contribution in [1.29, 1.82) is 0 Å². The van der Waals surface area contributed by atoms with E-state index in [1.54, 1.807) is 49.1 Å². The van der Waals surface area contributed by atoms with Gasteiger partial charge in [0.2, 0.25) is 0 Å². The lowest BCUT2D eigenvalue weighted by Gasteiger charge is -2.07. The van der Waals surface area contributed by atoms with Gasteiger partial charge in [0.15, 0.2) is 8.68 Å². The minimum absolute atomic E-state index is 0.703. The molecule has 3 aromatic rings. The van der Waals surface area contributed by atoms with Gasteiger partial charge in [-0.05, 0) is 35.9 Å². The summed E-state index contributed by atoms with van der Waals surface area (Å²) >= 11 is 11.0. The van der Waals surface area contributed by atoms with Crippen LogP contribution in [0, 0.1) is 0 Å². The summed E-state index contributed by atoms with van der Waals surface area (Å²) in [7, 11) is 3.33. The Morgan fingerprint density at radius 1 is 0.923 bits per heavy atom. The van der Waals surface area contributed by atoms with Crippen LogP contribution in [-0.4, -0.2) is 24.4 Å². The molecule has 0 saturated carbocycles. The molecule has 0 aliphatic rings. The quantitative estimate of drug-likeness (QED) is 0.426. The monoisotopic (exact) mass is 424 g/mol. The van der Waals surface area contributed by atoms with Gasteiger partial charge in [-0.25, -0.2) is 0 Å². The van der Waals surface area contributed by atoms with Crippen molar-refractivity contribution in [3.8, 4) is 11.5 Å². The Morgan fingerprint density at radius 2 is 1.62 bits per heavy atom. The maximum Gasteiger partial charge on any atom is 0.175 e. The fraction of sp³-hybridized carbons (Fsp3) is 0.222. The largest absolute Gasteiger partial charge is 0.497 e. The molecule has 1 aromatic heterocycles. The molecule has 4 nitrogen and oxygen atoms in total. The maximum absolute atomic E-state index is 6.08. The molecular weight excluding hydrogens is 408 g/mol. The summed E-state index contributed by atoms with van der Waals surface area (Å²) in [5.41, 5.74) is 2.27. The lowest BCUT2D eigenvalue weighted by molar-refractivity contribution is 0.411. The summed E-state index contributed by atoms with van der Waals surface area (Å²) in [5, 5.41) is 9.23. The second-order valence-electron chi connectivity index (χ2n) is 5.22. The number of aromatic nitrogens is 2. The molecule has 0 radical (unpaired) electrons. The second kappa shape index (κ2) is 9.50. The summed E-state index contributed by atoms with van der Waals surface area (Å²) in [6.45, 7) is 0. The molecule has 8 heteroatoms. The number of nitrogens with zero attached hydrogens (tertiary/aromatic N) is 2. The highest BCUT2D eigenvalue weighted by molar-refractivity contribution is 8.02. The summed E-state index contributed by atoms with van der Waals surface area (Å²) in [6.07, 6.45) is 0. The number of thioether (sulfide) groups is 2. The molecule has 0 fully saturated rings. The van der Waals surface area contributed by atoms with Crippen molar-refractivity contribution in [2.45, 2.75) is 20.2 Å². The first-order chi connectivity index (χ1) is 12.7. The van der Waals surface area contributed by atoms with Crippen molar-refractivity contribution >= 4 is 46.5 Å². The van der Waals surface area contributed by atoms with E-state index in [0.29, 0.717) is 5.02 Å². The van der Waals surface area contributed by atoms with Crippen molar-refractivity contribution in [2.75, 3.05) is 14.2 Å². The maximum atomic E-state index is 6.08. The van der Waals surface area contributed by atoms with Crippen LogP contribution in [0.25, 0.3) is 0 Å². The first-order valence-corrected chi connectivity index (χ1v) is 10.9. The molecule has 1 heterocycles. The van der Waals surface area contributed by atoms with Crippen LogP contribution < -0.4 is 9.47 Å². The van der Waals surface area contributed by atoms with Crippen LogP contribution in [0.2, 0.25) is 5.02 Å². The van der Waals surface area contributed by atoms with E-state index < -0.39 is 0 Å². The average Bonchev–Trinajstić information content (AvgIpc) is 3.13. The SMILES string of the molecule is COc1ccc(CSc2nnc(SCc3cc(Cl)ccc3OC)s2)cc1. The van der Waals surface area contributed by atoms with E-state index in [2.05, 4.69) is 22.3 Å². The summed E-state index contributed by atoms with van der Waals surface area (Å²) in [4.78, 5) is 0. The molecule has 136 valence electrons. The Kier molecular flexibility index (Phi) is 7.07. The van der Waals surface area contributed by atoms with Crippen LogP contribution in [-0.2, 0) is 11.5 Å². The summed E-state index contributed by atoms with van der Waals surface area (Å²) in [6, 6.07) is 13.7. The highest BCUT2D eigenvalue weighted by Gasteiger charge is 2.09. The zero-order valence-corrected chi connectivity index (χ0v) is 17.5. The van der Waals surface area contributed by atoms with E-state index in [-0.39, 0.29) is 0 Å². The number of benzene rings is 2. The predicted molar refractivity (Wildman–Crippen MR) is 110 cm³/mol. The Hall–Kier alpha value is -1.41. The Bertz CT molecular complexity index is 856. The minimum Gasteiger partial charge on any atom is -0.497 e. The smallest absolute Gasteiger partial charge is 0.175 e. The van der Waals surface area contributed by atoms with Crippen LogP contribution >= 0.6 is 46.5 Å². The zero-order chi connectivity index (χ0) is 18.4. The summed E-state index contributed by atoms with van der Waals surface area (Å²) < 4.78 is 12.4. The summed E-state index contributed by atoms with van der Waals surface area (Å²) in [5.74, 6) is 3.29. The molecule has 0 atom stereocenters. The van der Waals surface area contributed by atoms with Crippen molar-refractivity contribution in [3.63, 3.8) is 0 Å². The van der Waals surface area contributed by atoms with E-state index >= 15 is 0 Å². The van der Waals surface area contributed by atoms with Gasteiger partial charge in [0, 0.05) is 22.1 Å². The topological polar surface area (TPSA) is 44.2 Å². The van der Waals surface area contributed by atoms with Crippen LogP contribution in [0.1, 0.15) is 11.1 Å². The fourth-order valence-electron chi connectivity index (χ4n) is 2.18. The van der Waals surface area contributed by atoms with E-state index in [1.165, 1.54) is 5.56 Å². The molecule has 0 N–H and O–H groups in total. The third-order valence-electron chi connectivity index (χ3n) is 3.50. The lowest BCUT2D eigenvalue weighted by Crippen LogP contribution is -1.90. The van der Waals surface area contributed by atoms with Crippen LogP contribution in [0.4, 0.5) is 0 Å². The first-order valence-electron chi connectivity index (χ1n) is 7.72. The van der Waals surface area contributed by atoms with Gasteiger partial charge in [-0.1, -0.05) is 58.6 Å². The van der Waals surface area contributed by atoms with Crippen molar-refractivity contribution in [1.82, 2.24) is 10.2 Å². The molecule has 0 aliphatic carbocycles. The molecule has 0 saturated heterocycles. The van der Waals surface area contributed by atoms with Crippen molar-refractivity contribution in [3.05, 3.63) is 58.6 Å². The highest BCUT2D eigenvalue weighted by atomic mass is 35.5. The van der Waals surface area contributed by atoms with Gasteiger partial charge < -0.3 is 9.47 Å². The molecule has 0 unspecified atom stereocenters. The van der Waals surface area contributed by atoms with Crippen LogP contribution in [0.5, 0.6) is 11.5 Å². The standard InChI is InChI=1S/C18H17ClN2O2S3/c1-22-15-6-3-12(4-7-15)10-24-17-20-21-18(26-17)25-11-13-9-14(19)5-8-16(13)23-2/h3-9H,10-11H2,1-2H3. The molecular formula is C18H17ClN2O2S3. The Balaban J connectivity index is 1.55. The number of hydrogen-bond donors (Lipinski definition) is 0. The number of ether oxygens (including phenoxy) is 2. The van der Waals surface area contributed by atoms with E-state index in [9.17, 15) is 0 Å². The van der Waals surface area contributed by atoms with Gasteiger partial charge in [0.1, 0.15) is 11.5 Å². The van der Waals surface area contributed by atoms with Crippen LogP contribution in [0.3, 0.4) is 0 Å². The average molecular weight is 425 g/mol. The van der Waals surface area contributed by atoms with Gasteiger partial charge in [0.05, 0.1) is 14.2 Å². The van der Waals surface area contributed by atoms with Gasteiger partial charge in [-0.3, -0.25) is 0 Å². The third kappa shape index (κ3) is 5.30. The molecule has 3 rings (SSSR count). The van der Waals surface area contributed by atoms with Gasteiger partial charge >= 0.3 is 0 Å². The van der Waals surface area contributed by atoms with E-state index in [1.807, 2.05) is 30.3 Å². The van der Waals surface area contributed by atoms with E-state index in [4.69, 9.17) is 21.1 Å². The first kappa shape index (κ1) is 19.4. The van der Waals surface area contributed by atoms with E-state index in [0.717, 1.165) is 37.2 Å². The number of rotatable bonds is 8. The minimum atomic E-state index is 0.703.